The molecular weight excluding hydrogens is 226 g/mol. The van der Waals surface area contributed by atoms with E-state index in [9.17, 15) is 15.0 Å². The maximum Gasteiger partial charge on any atom is 0.280 e. The van der Waals surface area contributed by atoms with Crippen LogP contribution in [0.5, 0.6) is 0 Å². The van der Waals surface area contributed by atoms with E-state index in [1.807, 2.05) is 0 Å². The van der Waals surface area contributed by atoms with Crippen molar-refractivity contribution in [2.24, 2.45) is 0 Å². The lowest BCUT2D eigenvalue weighted by atomic mass is 10.2. The third-order valence-electron chi connectivity index (χ3n) is 2.22. The van der Waals surface area contributed by atoms with Crippen molar-refractivity contribution in [3.63, 3.8) is 0 Å². The molecule has 0 bridgehead atoms. The van der Waals surface area contributed by atoms with E-state index in [2.05, 4.69) is 19.9 Å². The minimum absolute atomic E-state index is 0.0285. The summed E-state index contributed by atoms with van der Waals surface area (Å²) in [6.07, 6.45) is -0.970. The van der Waals surface area contributed by atoms with Gasteiger partial charge in [0.25, 0.3) is 5.56 Å². The zero-order valence-electron chi connectivity index (χ0n) is 8.95. The van der Waals surface area contributed by atoms with Gasteiger partial charge in [-0.15, -0.1) is 0 Å². The second kappa shape index (κ2) is 4.07. The molecule has 5 N–H and O–H groups in total. The molecule has 0 spiro atoms. The monoisotopic (exact) mass is 237 g/mol. The molecule has 2 heterocycles. The topological polar surface area (TPSA) is 138 Å². The summed E-state index contributed by atoms with van der Waals surface area (Å²) in [5.41, 5.74) is 5.05. The molecule has 0 aromatic carbocycles. The van der Waals surface area contributed by atoms with E-state index in [1.165, 1.54) is 13.1 Å². The SMILES string of the molecule is C[C@@H](O)[C@@H](O)c1cnc2c(=O)[nH]c(N)nc2n1. The molecule has 2 aromatic rings. The van der Waals surface area contributed by atoms with Crippen molar-refractivity contribution in [2.75, 3.05) is 5.73 Å². The van der Waals surface area contributed by atoms with E-state index in [0.717, 1.165) is 0 Å². The number of hydrogen-bond acceptors (Lipinski definition) is 7. The number of rotatable bonds is 2. The molecule has 2 aromatic heterocycles. The van der Waals surface area contributed by atoms with Gasteiger partial charge in [-0.25, -0.2) is 9.97 Å². The van der Waals surface area contributed by atoms with E-state index in [0.29, 0.717) is 0 Å². The van der Waals surface area contributed by atoms with Crippen molar-refractivity contribution in [1.29, 1.82) is 0 Å². The third kappa shape index (κ3) is 2.08. The molecule has 0 saturated carbocycles. The quantitative estimate of drug-likeness (QED) is 0.509. The average molecular weight is 237 g/mol. The number of nitrogens with zero attached hydrogens (tertiary/aromatic N) is 3. The molecule has 0 fully saturated rings. The third-order valence-corrected chi connectivity index (χ3v) is 2.22. The fraction of sp³-hybridized carbons (Fsp3) is 0.333. The summed E-state index contributed by atoms with van der Waals surface area (Å²) >= 11 is 0. The smallest absolute Gasteiger partial charge is 0.280 e. The highest BCUT2D eigenvalue weighted by molar-refractivity contribution is 5.69. The predicted octanol–water partition coefficient (Wildman–Crippen LogP) is -1.29. The number of nitrogens with two attached hydrogens (primary N) is 1. The van der Waals surface area contributed by atoms with Gasteiger partial charge in [0, 0.05) is 0 Å². The summed E-state index contributed by atoms with van der Waals surface area (Å²) in [4.78, 5) is 25.3. The van der Waals surface area contributed by atoms with Crippen molar-refractivity contribution in [2.45, 2.75) is 19.1 Å². The number of nitrogen functional groups attached to an aromatic ring is 1. The Morgan fingerprint density at radius 2 is 2.12 bits per heavy atom. The number of aromatic amines is 1. The van der Waals surface area contributed by atoms with Crippen LogP contribution in [0.1, 0.15) is 18.7 Å². The second-order valence-corrected chi connectivity index (χ2v) is 3.60. The number of aliphatic hydroxyl groups excluding tert-OH is 2. The summed E-state index contributed by atoms with van der Waals surface area (Å²) in [6, 6.07) is 0. The fourth-order valence-corrected chi connectivity index (χ4v) is 1.34. The first-order valence-corrected chi connectivity index (χ1v) is 4.87. The highest BCUT2D eigenvalue weighted by Crippen LogP contribution is 2.14. The molecular formula is C9H11N5O3. The zero-order chi connectivity index (χ0) is 12.6. The van der Waals surface area contributed by atoms with Gasteiger partial charge in [0.15, 0.2) is 11.2 Å². The van der Waals surface area contributed by atoms with E-state index in [4.69, 9.17) is 5.73 Å². The van der Waals surface area contributed by atoms with Gasteiger partial charge in [0.2, 0.25) is 5.95 Å². The fourth-order valence-electron chi connectivity index (χ4n) is 1.34. The van der Waals surface area contributed by atoms with Crippen molar-refractivity contribution >= 4 is 17.1 Å². The predicted molar refractivity (Wildman–Crippen MR) is 59.0 cm³/mol. The van der Waals surface area contributed by atoms with Gasteiger partial charge >= 0.3 is 0 Å². The molecule has 0 aliphatic heterocycles. The number of H-pyrrole nitrogens is 1. The lowest BCUT2D eigenvalue weighted by Gasteiger charge is -2.12. The van der Waals surface area contributed by atoms with Crippen molar-refractivity contribution in [3.05, 3.63) is 22.2 Å². The van der Waals surface area contributed by atoms with E-state index >= 15 is 0 Å². The number of nitrogens with one attached hydrogen (secondary N) is 1. The molecule has 90 valence electrons. The van der Waals surface area contributed by atoms with Crippen LogP contribution in [0.2, 0.25) is 0 Å². The Morgan fingerprint density at radius 3 is 2.76 bits per heavy atom. The number of aliphatic hydroxyl groups is 2. The highest BCUT2D eigenvalue weighted by Gasteiger charge is 2.17. The van der Waals surface area contributed by atoms with E-state index in [1.54, 1.807) is 0 Å². The molecule has 2 atom stereocenters. The first kappa shape index (κ1) is 11.4. The first-order chi connectivity index (χ1) is 7.99. The maximum absolute atomic E-state index is 11.4. The normalized spacial score (nSPS) is 14.8. The number of hydrogen-bond donors (Lipinski definition) is 4. The Labute approximate surface area is 95.2 Å². The van der Waals surface area contributed by atoms with Crippen LogP contribution in [0.25, 0.3) is 11.2 Å². The standard InChI is InChI=1S/C9H11N5O3/c1-3(15)6(16)4-2-11-5-7(12-4)13-9(10)14-8(5)17/h2-3,6,15-16H,1H3,(H3,10,12,13,14,17)/t3-,6-/m1/s1. The van der Waals surface area contributed by atoms with Gasteiger partial charge in [-0.3, -0.25) is 9.78 Å². The van der Waals surface area contributed by atoms with Gasteiger partial charge < -0.3 is 15.9 Å². The van der Waals surface area contributed by atoms with Gasteiger partial charge in [-0.2, -0.15) is 4.98 Å². The van der Waals surface area contributed by atoms with Gasteiger partial charge in [0.1, 0.15) is 6.10 Å². The van der Waals surface area contributed by atoms with Crippen molar-refractivity contribution in [1.82, 2.24) is 19.9 Å². The van der Waals surface area contributed by atoms with Crippen molar-refractivity contribution in [3.8, 4) is 0 Å². The molecule has 8 nitrogen and oxygen atoms in total. The van der Waals surface area contributed by atoms with Gasteiger partial charge in [-0.05, 0) is 6.92 Å². The van der Waals surface area contributed by atoms with Crippen LogP contribution in [0.3, 0.4) is 0 Å². The Balaban J connectivity index is 2.62. The van der Waals surface area contributed by atoms with Crippen LogP contribution in [-0.2, 0) is 0 Å². The molecule has 0 amide bonds. The maximum atomic E-state index is 11.4. The molecule has 0 saturated heterocycles. The minimum atomic E-state index is -1.19. The summed E-state index contributed by atoms with van der Waals surface area (Å²) in [5, 5.41) is 18.8. The van der Waals surface area contributed by atoms with Crippen LogP contribution >= 0.6 is 0 Å². The molecule has 0 aliphatic carbocycles. The van der Waals surface area contributed by atoms with Crippen LogP contribution in [-0.4, -0.2) is 36.3 Å². The van der Waals surface area contributed by atoms with Crippen LogP contribution < -0.4 is 11.3 Å². The Kier molecular flexibility index (Phi) is 2.74. The average Bonchev–Trinajstić information content (AvgIpc) is 2.26. The first-order valence-electron chi connectivity index (χ1n) is 4.87. The molecule has 0 aliphatic rings. The highest BCUT2D eigenvalue weighted by atomic mass is 16.3. The summed E-state index contributed by atoms with van der Waals surface area (Å²) < 4.78 is 0. The summed E-state index contributed by atoms with van der Waals surface area (Å²) in [7, 11) is 0. The zero-order valence-corrected chi connectivity index (χ0v) is 8.95. The molecule has 0 radical (unpaired) electrons. The van der Waals surface area contributed by atoms with E-state index in [-0.39, 0.29) is 22.8 Å². The lowest BCUT2D eigenvalue weighted by Crippen LogP contribution is -2.18. The van der Waals surface area contributed by atoms with Crippen LogP contribution in [0.4, 0.5) is 5.95 Å². The number of aromatic nitrogens is 4. The van der Waals surface area contributed by atoms with Gasteiger partial charge in [-0.1, -0.05) is 0 Å². The number of fused-ring (bicyclic) bond motifs is 1. The lowest BCUT2D eigenvalue weighted by molar-refractivity contribution is 0.0278. The van der Waals surface area contributed by atoms with E-state index < -0.39 is 17.8 Å². The van der Waals surface area contributed by atoms with Crippen molar-refractivity contribution < 1.29 is 10.2 Å². The Morgan fingerprint density at radius 1 is 1.41 bits per heavy atom. The molecule has 0 unspecified atom stereocenters. The van der Waals surface area contributed by atoms with Crippen LogP contribution in [0.15, 0.2) is 11.0 Å². The summed E-state index contributed by atoms with van der Waals surface area (Å²) in [6.45, 7) is 1.41. The summed E-state index contributed by atoms with van der Waals surface area (Å²) in [5.74, 6) is -0.0829. The minimum Gasteiger partial charge on any atom is -0.390 e. The number of anilines is 1. The largest absolute Gasteiger partial charge is 0.390 e. The molecule has 2 rings (SSSR count). The van der Waals surface area contributed by atoms with Gasteiger partial charge in [0.05, 0.1) is 18.0 Å². The van der Waals surface area contributed by atoms with Crippen LogP contribution in [0, 0.1) is 0 Å². The Bertz CT molecular complexity index is 609. The second-order valence-electron chi connectivity index (χ2n) is 3.60. The molecule has 17 heavy (non-hydrogen) atoms. The Hall–Kier alpha value is -2.06. The molecule has 8 heteroatoms.